The molecule has 0 aliphatic heterocycles. The van der Waals surface area contributed by atoms with Crippen molar-refractivity contribution in [3.05, 3.63) is 35.4 Å². The Balaban J connectivity index is 1.88. The van der Waals surface area contributed by atoms with Crippen LogP contribution in [-0.2, 0) is 16.0 Å². The molecule has 0 heterocycles. The van der Waals surface area contributed by atoms with Gasteiger partial charge in [0.15, 0.2) is 0 Å². The highest BCUT2D eigenvalue weighted by Crippen LogP contribution is 2.36. The Kier molecular flexibility index (Phi) is 6.05. The predicted octanol–water partition coefficient (Wildman–Crippen LogP) is 5.40. The van der Waals surface area contributed by atoms with Gasteiger partial charge < -0.3 is 4.74 Å². The van der Waals surface area contributed by atoms with Crippen molar-refractivity contribution in [2.45, 2.75) is 83.7 Å². The second-order valence-corrected chi connectivity index (χ2v) is 6.77. The molecule has 0 N–H and O–H groups in total. The van der Waals surface area contributed by atoms with Crippen LogP contribution < -0.4 is 0 Å². The Bertz CT molecular complexity index is 486. The van der Waals surface area contributed by atoms with Gasteiger partial charge in [-0.3, -0.25) is 4.79 Å². The number of aryl methyl sites for hydroxylation is 1. The van der Waals surface area contributed by atoms with Crippen LogP contribution in [0, 0.1) is 0 Å². The minimum Gasteiger partial charge on any atom is -0.459 e. The van der Waals surface area contributed by atoms with Gasteiger partial charge in [-0.15, -0.1) is 0 Å². The zero-order chi connectivity index (χ0) is 16.0. The number of rotatable bonds is 7. The first-order valence-corrected chi connectivity index (χ1v) is 8.89. The molecule has 1 fully saturated rings. The number of benzene rings is 1. The molecule has 0 bridgehead atoms. The zero-order valence-corrected chi connectivity index (χ0v) is 14.4. The van der Waals surface area contributed by atoms with Gasteiger partial charge >= 0.3 is 5.97 Å². The lowest BCUT2D eigenvalue weighted by Crippen LogP contribution is -2.31. The maximum Gasteiger partial charge on any atom is 0.306 e. The summed E-state index contributed by atoms with van der Waals surface area (Å²) in [6.07, 6.45) is 7.83. The summed E-state index contributed by atoms with van der Waals surface area (Å²) in [4.78, 5) is 12.2. The van der Waals surface area contributed by atoms with Crippen molar-refractivity contribution < 1.29 is 9.53 Å². The summed E-state index contributed by atoms with van der Waals surface area (Å²) in [5.74, 6) is 0.548. The highest BCUT2D eigenvalue weighted by Gasteiger charge is 2.35. The van der Waals surface area contributed by atoms with E-state index in [1.54, 1.807) is 0 Å². The largest absolute Gasteiger partial charge is 0.459 e. The van der Waals surface area contributed by atoms with Crippen molar-refractivity contribution in [1.29, 1.82) is 0 Å². The lowest BCUT2D eigenvalue weighted by Gasteiger charge is -2.27. The highest BCUT2D eigenvalue weighted by molar-refractivity contribution is 5.70. The number of ether oxygens (including phenoxy) is 1. The predicted molar refractivity (Wildman–Crippen MR) is 91.1 cm³/mol. The van der Waals surface area contributed by atoms with Gasteiger partial charge in [0, 0.05) is 6.42 Å². The molecule has 1 aliphatic carbocycles. The topological polar surface area (TPSA) is 26.3 Å². The normalized spacial score (nSPS) is 18.1. The molecule has 1 aromatic rings. The number of carbonyl (C=O) groups excluding carboxylic acids is 1. The first-order chi connectivity index (χ1) is 10.6. The Morgan fingerprint density at radius 1 is 1.27 bits per heavy atom. The van der Waals surface area contributed by atoms with Crippen molar-refractivity contribution in [2.75, 3.05) is 0 Å². The molecule has 1 aromatic carbocycles. The molecule has 0 radical (unpaired) electrons. The first-order valence-electron chi connectivity index (χ1n) is 8.89. The molecular formula is C20H30O2. The van der Waals surface area contributed by atoms with Crippen LogP contribution >= 0.6 is 0 Å². The van der Waals surface area contributed by atoms with Gasteiger partial charge in [0.2, 0.25) is 0 Å². The summed E-state index contributed by atoms with van der Waals surface area (Å²) in [5, 5.41) is 0. The van der Waals surface area contributed by atoms with Gasteiger partial charge in [0.05, 0.1) is 0 Å². The van der Waals surface area contributed by atoms with E-state index < -0.39 is 0 Å². The van der Waals surface area contributed by atoms with E-state index in [0.29, 0.717) is 12.3 Å². The number of hydrogen-bond donors (Lipinski definition) is 0. The van der Waals surface area contributed by atoms with Crippen LogP contribution in [0.1, 0.15) is 82.8 Å². The molecule has 0 amide bonds. The first kappa shape index (κ1) is 17.1. The van der Waals surface area contributed by atoms with E-state index in [2.05, 4.69) is 45.0 Å². The Morgan fingerprint density at radius 2 is 2.00 bits per heavy atom. The highest BCUT2D eigenvalue weighted by atomic mass is 16.6. The van der Waals surface area contributed by atoms with Crippen molar-refractivity contribution in [3.63, 3.8) is 0 Å². The van der Waals surface area contributed by atoms with Crippen LogP contribution in [0.2, 0.25) is 0 Å². The third-order valence-corrected chi connectivity index (χ3v) is 5.24. The van der Waals surface area contributed by atoms with E-state index >= 15 is 0 Å². The van der Waals surface area contributed by atoms with Crippen LogP contribution in [0.25, 0.3) is 0 Å². The molecule has 22 heavy (non-hydrogen) atoms. The molecular weight excluding hydrogens is 272 g/mol. The molecule has 1 atom stereocenters. The molecule has 2 rings (SSSR count). The Labute approximate surface area is 135 Å². The number of esters is 1. The summed E-state index contributed by atoms with van der Waals surface area (Å²) in [5.41, 5.74) is 2.45. The van der Waals surface area contributed by atoms with E-state index in [-0.39, 0.29) is 11.6 Å². The minimum absolute atomic E-state index is 0.0299. The van der Waals surface area contributed by atoms with Gasteiger partial charge in [-0.25, -0.2) is 0 Å². The van der Waals surface area contributed by atoms with E-state index in [4.69, 9.17) is 4.74 Å². The summed E-state index contributed by atoms with van der Waals surface area (Å²) in [7, 11) is 0. The lowest BCUT2D eigenvalue weighted by atomic mass is 9.95. The van der Waals surface area contributed by atoms with Crippen LogP contribution in [0.4, 0.5) is 0 Å². The van der Waals surface area contributed by atoms with Gasteiger partial charge in [-0.1, -0.05) is 45.0 Å². The molecule has 0 saturated heterocycles. The van der Waals surface area contributed by atoms with Gasteiger partial charge in [-0.05, 0) is 62.0 Å². The fourth-order valence-corrected chi connectivity index (χ4v) is 3.38. The van der Waals surface area contributed by atoms with Crippen LogP contribution in [0.5, 0.6) is 0 Å². The van der Waals surface area contributed by atoms with Gasteiger partial charge in [-0.2, -0.15) is 0 Å². The van der Waals surface area contributed by atoms with Gasteiger partial charge in [0.25, 0.3) is 0 Å². The van der Waals surface area contributed by atoms with Crippen LogP contribution in [-0.4, -0.2) is 11.6 Å². The molecule has 1 aliphatic rings. The van der Waals surface area contributed by atoms with Crippen molar-refractivity contribution in [1.82, 2.24) is 0 Å². The second-order valence-electron chi connectivity index (χ2n) is 6.77. The fraction of sp³-hybridized carbons (Fsp3) is 0.650. The monoisotopic (exact) mass is 302 g/mol. The quantitative estimate of drug-likeness (QED) is 0.630. The number of hydrogen-bond acceptors (Lipinski definition) is 2. The summed E-state index contributed by atoms with van der Waals surface area (Å²) < 4.78 is 5.83. The van der Waals surface area contributed by atoms with E-state index in [0.717, 1.165) is 32.1 Å². The maximum absolute atomic E-state index is 12.2. The van der Waals surface area contributed by atoms with Crippen LogP contribution in [0.15, 0.2) is 24.3 Å². The van der Waals surface area contributed by atoms with E-state index in [9.17, 15) is 4.79 Å². The minimum atomic E-state index is -0.157. The Hall–Kier alpha value is -1.31. The molecule has 2 nitrogen and oxygen atoms in total. The molecule has 122 valence electrons. The van der Waals surface area contributed by atoms with Crippen molar-refractivity contribution in [2.24, 2.45) is 0 Å². The molecule has 0 spiro atoms. The van der Waals surface area contributed by atoms with Crippen LogP contribution in [0.3, 0.4) is 0 Å². The number of carbonyl (C=O) groups is 1. The molecule has 2 heteroatoms. The average Bonchev–Trinajstić information content (AvgIpc) is 3.01. The van der Waals surface area contributed by atoms with E-state index in [1.165, 1.54) is 24.0 Å². The zero-order valence-electron chi connectivity index (χ0n) is 14.4. The lowest BCUT2D eigenvalue weighted by molar-refractivity contribution is -0.159. The van der Waals surface area contributed by atoms with E-state index in [1.807, 2.05) is 0 Å². The average molecular weight is 302 g/mol. The maximum atomic E-state index is 12.2. The SMILES string of the molecule is CCC(C)c1cccc(CCC(=O)OC2(CC)CCCC2)c1. The van der Waals surface area contributed by atoms with Crippen molar-refractivity contribution in [3.8, 4) is 0 Å². The standard InChI is InChI=1S/C20H30O2/c1-4-16(3)18-10-8-9-17(15-18)11-12-19(21)22-20(5-2)13-6-7-14-20/h8-10,15-16H,4-7,11-14H2,1-3H3. The molecule has 0 aromatic heterocycles. The molecule has 1 saturated carbocycles. The summed E-state index contributed by atoms with van der Waals surface area (Å²) >= 11 is 0. The summed E-state index contributed by atoms with van der Waals surface area (Å²) in [6, 6.07) is 8.64. The summed E-state index contributed by atoms with van der Waals surface area (Å²) in [6.45, 7) is 6.59. The second kappa shape index (κ2) is 7.80. The fourth-order valence-electron chi connectivity index (χ4n) is 3.38. The van der Waals surface area contributed by atoms with Gasteiger partial charge in [0.1, 0.15) is 5.60 Å². The third kappa shape index (κ3) is 4.34. The Morgan fingerprint density at radius 3 is 2.64 bits per heavy atom. The van der Waals surface area contributed by atoms with Crippen molar-refractivity contribution >= 4 is 5.97 Å². The molecule has 1 unspecified atom stereocenters. The third-order valence-electron chi connectivity index (χ3n) is 5.24. The smallest absolute Gasteiger partial charge is 0.306 e.